The van der Waals surface area contributed by atoms with Crippen molar-refractivity contribution in [1.82, 2.24) is 4.90 Å². The third kappa shape index (κ3) is 3.33. The summed E-state index contributed by atoms with van der Waals surface area (Å²) in [5.74, 6) is -0.296. The van der Waals surface area contributed by atoms with Crippen molar-refractivity contribution in [1.29, 1.82) is 0 Å². The highest BCUT2D eigenvalue weighted by atomic mass is 79.9. The van der Waals surface area contributed by atoms with E-state index in [4.69, 9.17) is 0 Å². The second-order valence-electron chi connectivity index (χ2n) is 7.68. The number of para-hydroxylation sites is 1. The number of nitrogens with one attached hydrogen (secondary N) is 1. The molecule has 1 atom stereocenters. The van der Waals surface area contributed by atoms with Gasteiger partial charge in [-0.1, -0.05) is 28.1 Å². The molecule has 150 valence electrons. The van der Waals surface area contributed by atoms with Gasteiger partial charge in [0.05, 0.1) is 11.3 Å². The predicted molar refractivity (Wildman–Crippen MR) is 115 cm³/mol. The summed E-state index contributed by atoms with van der Waals surface area (Å²) in [4.78, 5) is 41.7. The molecule has 0 bridgehead atoms. The highest BCUT2D eigenvalue weighted by molar-refractivity contribution is 9.10. The van der Waals surface area contributed by atoms with Crippen molar-refractivity contribution in [2.45, 2.75) is 38.8 Å². The van der Waals surface area contributed by atoms with E-state index in [0.29, 0.717) is 24.1 Å². The summed E-state index contributed by atoms with van der Waals surface area (Å²) in [6.45, 7) is 4.08. The van der Waals surface area contributed by atoms with E-state index in [1.165, 1.54) is 0 Å². The molecule has 2 aromatic carbocycles. The molecular formula is C22H22BrN3O3. The Hall–Kier alpha value is -2.67. The number of carbonyl (C=O) groups excluding carboxylic acids is 3. The molecule has 3 amide bonds. The largest absolute Gasteiger partial charge is 0.326 e. The van der Waals surface area contributed by atoms with Crippen LogP contribution in [0.4, 0.5) is 11.4 Å². The molecule has 1 fully saturated rings. The third-order valence-corrected chi connectivity index (χ3v) is 6.26. The number of carbonyl (C=O) groups is 3. The molecule has 29 heavy (non-hydrogen) atoms. The normalized spacial score (nSPS) is 20.5. The highest BCUT2D eigenvalue weighted by Gasteiger charge is 2.52. The van der Waals surface area contributed by atoms with Crippen LogP contribution in [0, 0.1) is 6.92 Å². The SMILES string of the molecule is Cc1cc(Br)ccc1NC(=O)CCN1C(=O)c2ccccc2N2C(=O)CC[C@]12C. The Morgan fingerprint density at radius 1 is 1.21 bits per heavy atom. The number of halogens is 1. The van der Waals surface area contributed by atoms with Crippen molar-refractivity contribution >= 4 is 45.0 Å². The summed E-state index contributed by atoms with van der Waals surface area (Å²) >= 11 is 3.41. The molecule has 6 nitrogen and oxygen atoms in total. The highest BCUT2D eigenvalue weighted by Crippen LogP contribution is 2.43. The standard InChI is InChI=1S/C22H22BrN3O3/c1-14-13-15(23)7-8-17(14)24-19(27)10-12-25-21(29)16-5-3-4-6-18(16)26-20(28)9-11-22(25,26)2/h3-8,13H,9-12H2,1-2H3,(H,24,27)/t22-/m1/s1. The molecule has 2 aliphatic heterocycles. The first-order valence-electron chi connectivity index (χ1n) is 9.61. The van der Waals surface area contributed by atoms with Gasteiger partial charge in [-0.15, -0.1) is 0 Å². The smallest absolute Gasteiger partial charge is 0.257 e. The number of fused-ring (bicyclic) bond motifs is 3. The maximum absolute atomic E-state index is 13.2. The Morgan fingerprint density at radius 3 is 2.72 bits per heavy atom. The zero-order valence-electron chi connectivity index (χ0n) is 16.4. The molecule has 2 aliphatic rings. The fourth-order valence-corrected chi connectivity index (χ4v) is 4.71. The van der Waals surface area contributed by atoms with Gasteiger partial charge in [0.25, 0.3) is 5.91 Å². The number of nitrogens with zero attached hydrogens (tertiary/aromatic N) is 2. The van der Waals surface area contributed by atoms with E-state index >= 15 is 0 Å². The Labute approximate surface area is 178 Å². The van der Waals surface area contributed by atoms with E-state index in [-0.39, 0.29) is 30.7 Å². The Bertz CT molecular complexity index is 1020. The van der Waals surface area contributed by atoms with Gasteiger partial charge < -0.3 is 10.2 Å². The second-order valence-corrected chi connectivity index (χ2v) is 8.59. The van der Waals surface area contributed by atoms with E-state index in [1.54, 1.807) is 21.9 Å². The molecule has 0 aliphatic carbocycles. The number of hydrogen-bond donors (Lipinski definition) is 1. The number of hydrogen-bond acceptors (Lipinski definition) is 3. The fraction of sp³-hybridized carbons (Fsp3) is 0.318. The minimum atomic E-state index is -0.740. The van der Waals surface area contributed by atoms with Crippen LogP contribution < -0.4 is 10.2 Å². The average molecular weight is 456 g/mol. The van der Waals surface area contributed by atoms with E-state index in [1.807, 2.05) is 44.2 Å². The Kier molecular flexibility index (Phi) is 4.94. The van der Waals surface area contributed by atoms with Crippen LogP contribution in [0.5, 0.6) is 0 Å². The van der Waals surface area contributed by atoms with Gasteiger partial charge in [0, 0.05) is 29.5 Å². The van der Waals surface area contributed by atoms with Crippen molar-refractivity contribution < 1.29 is 14.4 Å². The molecule has 0 unspecified atom stereocenters. The van der Waals surface area contributed by atoms with Crippen molar-refractivity contribution in [3.8, 4) is 0 Å². The minimum Gasteiger partial charge on any atom is -0.326 e. The number of anilines is 2. The van der Waals surface area contributed by atoms with Crippen LogP contribution >= 0.6 is 15.9 Å². The van der Waals surface area contributed by atoms with Gasteiger partial charge in [0.15, 0.2) is 0 Å². The molecule has 2 heterocycles. The summed E-state index contributed by atoms with van der Waals surface area (Å²) in [6, 6.07) is 12.8. The predicted octanol–water partition coefficient (Wildman–Crippen LogP) is 4.09. The molecule has 0 aromatic heterocycles. The quantitative estimate of drug-likeness (QED) is 0.754. The molecule has 7 heteroatoms. The fourth-order valence-electron chi connectivity index (χ4n) is 4.23. The first-order chi connectivity index (χ1) is 13.8. The molecule has 0 spiro atoms. The molecule has 0 saturated carbocycles. The van der Waals surface area contributed by atoms with Crippen LogP contribution in [-0.2, 0) is 9.59 Å². The van der Waals surface area contributed by atoms with E-state index in [9.17, 15) is 14.4 Å². The Morgan fingerprint density at radius 2 is 1.97 bits per heavy atom. The summed E-state index contributed by atoms with van der Waals surface area (Å²) in [5, 5.41) is 2.91. The molecular weight excluding hydrogens is 434 g/mol. The van der Waals surface area contributed by atoms with Gasteiger partial charge in [-0.2, -0.15) is 0 Å². The minimum absolute atomic E-state index is 0.00684. The maximum Gasteiger partial charge on any atom is 0.257 e. The maximum atomic E-state index is 13.2. The van der Waals surface area contributed by atoms with Crippen LogP contribution in [0.15, 0.2) is 46.9 Å². The summed E-state index contributed by atoms with van der Waals surface area (Å²) in [7, 11) is 0. The first kappa shape index (κ1) is 19.6. The summed E-state index contributed by atoms with van der Waals surface area (Å²) < 4.78 is 0.949. The van der Waals surface area contributed by atoms with Crippen LogP contribution in [0.1, 0.15) is 42.1 Å². The lowest BCUT2D eigenvalue weighted by Crippen LogP contribution is -2.62. The van der Waals surface area contributed by atoms with Crippen LogP contribution in [0.2, 0.25) is 0 Å². The van der Waals surface area contributed by atoms with Crippen LogP contribution in [-0.4, -0.2) is 34.8 Å². The zero-order valence-corrected chi connectivity index (χ0v) is 18.0. The van der Waals surface area contributed by atoms with E-state index in [2.05, 4.69) is 21.2 Å². The van der Waals surface area contributed by atoms with Gasteiger partial charge in [0.1, 0.15) is 5.66 Å². The molecule has 1 saturated heterocycles. The first-order valence-corrected chi connectivity index (χ1v) is 10.4. The number of benzene rings is 2. The van der Waals surface area contributed by atoms with Crippen molar-refractivity contribution in [2.24, 2.45) is 0 Å². The molecule has 2 aromatic rings. The van der Waals surface area contributed by atoms with Gasteiger partial charge in [-0.05, 0) is 56.2 Å². The summed E-state index contributed by atoms with van der Waals surface area (Å²) in [5.41, 5.74) is 2.13. The average Bonchev–Trinajstić information content (AvgIpc) is 2.99. The van der Waals surface area contributed by atoms with Gasteiger partial charge in [-0.25, -0.2) is 0 Å². The lowest BCUT2D eigenvalue weighted by molar-refractivity contribution is -0.117. The lowest BCUT2D eigenvalue weighted by atomic mass is 9.98. The third-order valence-electron chi connectivity index (χ3n) is 5.77. The van der Waals surface area contributed by atoms with E-state index in [0.717, 1.165) is 15.7 Å². The van der Waals surface area contributed by atoms with Crippen molar-refractivity contribution in [3.63, 3.8) is 0 Å². The van der Waals surface area contributed by atoms with Gasteiger partial charge >= 0.3 is 0 Å². The van der Waals surface area contributed by atoms with Crippen molar-refractivity contribution in [2.75, 3.05) is 16.8 Å². The van der Waals surface area contributed by atoms with E-state index < -0.39 is 5.66 Å². The number of amides is 3. The van der Waals surface area contributed by atoms with Gasteiger partial charge in [-0.3, -0.25) is 19.3 Å². The number of aryl methyl sites for hydroxylation is 1. The topological polar surface area (TPSA) is 69.7 Å². The zero-order chi connectivity index (χ0) is 20.8. The van der Waals surface area contributed by atoms with Gasteiger partial charge in [0.2, 0.25) is 11.8 Å². The van der Waals surface area contributed by atoms with Crippen LogP contribution in [0.3, 0.4) is 0 Å². The molecule has 1 N–H and O–H groups in total. The lowest BCUT2D eigenvalue weighted by Gasteiger charge is -2.48. The summed E-state index contributed by atoms with van der Waals surface area (Å²) in [6.07, 6.45) is 1.10. The monoisotopic (exact) mass is 455 g/mol. The van der Waals surface area contributed by atoms with Crippen LogP contribution in [0.25, 0.3) is 0 Å². The second kappa shape index (κ2) is 7.30. The molecule has 0 radical (unpaired) electrons. The molecule has 4 rings (SSSR count). The number of rotatable bonds is 4. The Balaban J connectivity index is 1.54. The van der Waals surface area contributed by atoms with Crippen molar-refractivity contribution in [3.05, 3.63) is 58.1 Å².